The molecule has 4 aromatic rings. The van der Waals surface area contributed by atoms with Crippen molar-refractivity contribution in [1.82, 2.24) is 29.1 Å². The van der Waals surface area contributed by atoms with Crippen molar-refractivity contribution in [2.45, 2.75) is 17.1 Å². The van der Waals surface area contributed by atoms with Gasteiger partial charge in [0.15, 0.2) is 5.16 Å². The van der Waals surface area contributed by atoms with Crippen molar-refractivity contribution < 1.29 is 0 Å². The molecule has 0 aliphatic rings. The van der Waals surface area contributed by atoms with Crippen LogP contribution in [0.5, 0.6) is 0 Å². The molecule has 0 amide bonds. The van der Waals surface area contributed by atoms with Crippen LogP contribution in [0.1, 0.15) is 5.69 Å². The molecule has 0 N–H and O–H groups in total. The zero-order valence-electron chi connectivity index (χ0n) is 11.6. The normalized spacial score (nSPS) is 11.5. The molecule has 7 heteroatoms. The molecule has 0 aliphatic carbocycles. The van der Waals surface area contributed by atoms with Gasteiger partial charge in [-0.05, 0) is 36.9 Å². The molecule has 104 valence electrons. The first-order chi connectivity index (χ1) is 10.2. The molecular weight excluding hydrogens is 284 g/mol. The monoisotopic (exact) mass is 296 g/mol. The van der Waals surface area contributed by atoms with Gasteiger partial charge in [0.2, 0.25) is 0 Å². The first-order valence-corrected chi connectivity index (χ1v) is 7.31. The highest BCUT2D eigenvalue weighted by molar-refractivity contribution is 7.99. The summed E-state index contributed by atoms with van der Waals surface area (Å²) in [5, 5.41) is 6.09. The number of imidazole rings is 1. The second kappa shape index (κ2) is 4.56. The van der Waals surface area contributed by atoms with E-state index in [2.05, 4.69) is 30.7 Å². The van der Waals surface area contributed by atoms with Gasteiger partial charge in [-0.1, -0.05) is 12.1 Å². The summed E-state index contributed by atoms with van der Waals surface area (Å²) in [7, 11) is 2.02. The van der Waals surface area contributed by atoms with Gasteiger partial charge in [0.25, 0.3) is 5.78 Å². The van der Waals surface area contributed by atoms with Crippen LogP contribution < -0.4 is 0 Å². The van der Waals surface area contributed by atoms with Crippen molar-refractivity contribution in [3.63, 3.8) is 0 Å². The maximum Gasteiger partial charge on any atom is 0.253 e. The third-order valence-corrected chi connectivity index (χ3v) is 4.34. The molecule has 0 saturated carbocycles. The lowest BCUT2D eigenvalue weighted by Gasteiger charge is -2.05. The molecule has 0 fully saturated rings. The summed E-state index contributed by atoms with van der Waals surface area (Å²) in [6.45, 7) is 1.95. The number of rotatable bonds is 2. The van der Waals surface area contributed by atoms with Gasteiger partial charge < -0.3 is 4.57 Å². The lowest BCUT2D eigenvalue weighted by atomic mass is 10.3. The summed E-state index contributed by atoms with van der Waals surface area (Å²) >= 11 is 1.56. The van der Waals surface area contributed by atoms with E-state index in [-0.39, 0.29) is 0 Å². The minimum absolute atomic E-state index is 0.608. The lowest BCUT2D eigenvalue weighted by molar-refractivity contribution is 0.797. The Bertz CT molecular complexity index is 955. The largest absolute Gasteiger partial charge is 0.322 e. The number of hydrogen-bond acceptors (Lipinski definition) is 5. The first-order valence-electron chi connectivity index (χ1n) is 6.49. The van der Waals surface area contributed by atoms with Crippen LogP contribution in [0.2, 0.25) is 0 Å². The smallest absolute Gasteiger partial charge is 0.253 e. The van der Waals surface area contributed by atoms with Crippen LogP contribution >= 0.6 is 11.8 Å². The number of nitrogens with zero attached hydrogens (tertiary/aromatic N) is 6. The van der Waals surface area contributed by atoms with Crippen LogP contribution in [-0.2, 0) is 7.05 Å². The van der Waals surface area contributed by atoms with E-state index in [1.54, 1.807) is 16.3 Å². The number of para-hydroxylation sites is 2. The predicted octanol–water partition coefficient (Wildman–Crippen LogP) is 2.47. The van der Waals surface area contributed by atoms with E-state index in [0.717, 1.165) is 26.9 Å². The highest BCUT2D eigenvalue weighted by Gasteiger charge is 2.12. The quantitative estimate of drug-likeness (QED) is 0.532. The minimum atomic E-state index is 0.608. The van der Waals surface area contributed by atoms with Gasteiger partial charge in [0.05, 0.1) is 11.0 Å². The lowest BCUT2D eigenvalue weighted by Crippen LogP contribution is -1.99. The van der Waals surface area contributed by atoms with Gasteiger partial charge in [0.1, 0.15) is 11.4 Å². The fourth-order valence-electron chi connectivity index (χ4n) is 2.28. The highest BCUT2D eigenvalue weighted by Crippen LogP contribution is 2.29. The maximum atomic E-state index is 4.67. The third kappa shape index (κ3) is 1.97. The Labute approximate surface area is 124 Å². The summed E-state index contributed by atoms with van der Waals surface area (Å²) in [5.41, 5.74) is 3.01. The van der Waals surface area contributed by atoms with E-state index in [1.165, 1.54) is 6.33 Å². The fourth-order valence-corrected chi connectivity index (χ4v) is 3.29. The average Bonchev–Trinajstić information content (AvgIpc) is 3.05. The van der Waals surface area contributed by atoms with E-state index >= 15 is 0 Å². The molecule has 0 radical (unpaired) electrons. The summed E-state index contributed by atoms with van der Waals surface area (Å²) in [4.78, 5) is 13.2. The van der Waals surface area contributed by atoms with E-state index in [9.17, 15) is 0 Å². The SMILES string of the molecule is Cc1cc(Sc2nc3ccccc3n2C)n2ncnc2n1. The standard InChI is InChI=1S/C14H12N6S/c1-9-7-12(20-13(17-9)15-8-16-20)21-14-18-10-5-3-4-6-11(10)19(14)2/h3-8H,1-2H3. The van der Waals surface area contributed by atoms with E-state index < -0.39 is 0 Å². The van der Waals surface area contributed by atoms with Gasteiger partial charge in [-0.2, -0.15) is 14.6 Å². The highest BCUT2D eigenvalue weighted by atomic mass is 32.2. The molecule has 0 atom stereocenters. The summed E-state index contributed by atoms with van der Waals surface area (Å²) in [6.07, 6.45) is 1.51. The van der Waals surface area contributed by atoms with Gasteiger partial charge in [-0.3, -0.25) is 0 Å². The molecule has 3 aromatic heterocycles. The van der Waals surface area contributed by atoms with Crippen molar-refractivity contribution >= 4 is 28.6 Å². The van der Waals surface area contributed by atoms with Crippen LogP contribution in [0.25, 0.3) is 16.8 Å². The third-order valence-electron chi connectivity index (χ3n) is 3.29. The Morgan fingerprint density at radius 1 is 1.14 bits per heavy atom. The van der Waals surface area contributed by atoms with Crippen molar-refractivity contribution in [3.8, 4) is 0 Å². The number of aromatic nitrogens is 6. The van der Waals surface area contributed by atoms with E-state index in [1.807, 2.05) is 38.2 Å². The molecule has 1 aromatic carbocycles. The molecule has 3 heterocycles. The van der Waals surface area contributed by atoms with Crippen molar-refractivity contribution in [3.05, 3.63) is 42.4 Å². The minimum Gasteiger partial charge on any atom is -0.322 e. The van der Waals surface area contributed by atoms with Gasteiger partial charge >= 0.3 is 0 Å². The Morgan fingerprint density at radius 3 is 2.86 bits per heavy atom. The van der Waals surface area contributed by atoms with Gasteiger partial charge in [-0.15, -0.1) is 0 Å². The van der Waals surface area contributed by atoms with Gasteiger partial charge in [0, 0.05) is 12.7 Å². The van der Waals surface area contributed by atoms with E-state index in [4.69, 9.17) is 0 Å². The Balaban J connectivity index is 1.86. The van der Waals surface area contributed by atoms with E-state index in [0.29, 0.717) is 5.78 Å². The molecule has 0 saturated heterocycles. The van der Waals surface area contributed by atoms with Crippen LogP contribution in [0, 0.1) is 6.92 Å². The zero-order chi connectivity index (χ0) is 14.4. The molecule has 4 rings (SSSR count). The summed E-state index contributed by atoms with van der Waals surface area (Å²) < 4.78 is 3.82. The second-order valence-electron chi connectivity index (χ2n) is 4.75. The molecule has 6 nitrogen and oxygen atoms in total. The number of benzene rings is 1. The number of fused-ring (bicyclic) bond motifs is 2. The predicted molar refractivity (Wildman–Crippen MR) is 80.4 cm³/mol. The van der Waals surface area contributed by atoms with Crippen molar-refractivity contribution in [2.75, 3.05) is 0 Å². The van der Waals surface area contributed by atoms with Gasteiger partial charge in [-0.25, -0.2) is 9.97 Å². The Kier molecular flexibility index (Phi) is 2.68. The molecule has 0 unspecified atom stereocenters. The Hall–Kier alpha value is -2.41. The topological polar surface area (TPSA) is 60.9 Å². The van der Waals surface area contributed by atoms with Crippen molar-refractivity contribution in [2.24, 2.45) is 7.05 Å². The molecular formula is C14H12N6S. The van der Waals surface area contributed by atoms with Crippen LogP contribution in [0.15, 0.2) is 46.8 Å². The summed E-state index contributed by atoms with van der Waals surface area (Å²) in [5.74, 6) is 0.608. The number of hydrogen-bond donors (Lipinski definition) is 0. The average molecular weight is 296 g/mol. The van der Waals surface area contributed by atoms with Crippen LogP contribution in [0.3, 0.4) is 0 Å². The molecule has 0 bridgehead atoms. The van der Waals surface area contributed by atoms with Crippen LogP contribution in [-0.4, -0.2) is 29.1 Å². The molecule has 0 spiro atoms. The Morgan fingerprint density at radius 2 is 2.00 bits per heavy atom. The first kappa shape index (κ1) is 12.3. The second-order valence-corrected chi connectivity index (χ2v) is 5.74. The fraction of sp³-hybridized carbons (Fsp3) is 0.143. The maximum absolute atomic E-state index is 4.67. The number of aryl methyl sites for hydroxylation is 2. The molecule has 21 heavy (non-hydrogen) atoms. The van der Waals surface area contributed by atoms with Crippen LogP contribution in [0.4, 0.5) is 0 Å². The van der Waals surface area contributed by atoms with Crippen molar-refractivity contribution in [1.29, 1.82) is 0 Å². The molecule has 0 aliphatic heterocycles. The zero-order valence-corrected chi connectivity index (χ0v) is 12.4. The summed E-state index contributed by atoms with van der Waals surface area (Å²) in [6, 6.07) is 10.1.